The summed E-state index contributed by atoms with van der Waals surface area (Å²) in [5.74, 6) is -0.465. The third kappa shape index (κ3) is 4.96. The Balaban J connectivity index is 1.58. The average molecular weight is 428 g/mol. The van der Waals surface area contributed by atoms with Crippen LogP contribution in [0.4, 0.5) is 18.9 Å². The van der Waals surface area contributed by atoms with E-state index >= 15 is 0 Å². The lowest BCUT2D eigenvalue weighted by molar-refractivity contribution is -0.137. The molecule has 3 aromatic rings. The van der Waals surface area contributed by atoms with Gasteiger partial charge < -0.3 is 5.32 Å². The highest BCUT2D eigenvalue weighted by atomic mass is 19.4. The van der Waals surface area contributed by atoms with Crippen LogP contribution in [0.2, 0.25) is 0 Å². The minimum absolute atomic E-state index is 0.128. The third-order valence-corrected chi connectivity index (χ3v) is 5.56. The Labute approximate surface area is 178 Å². The molecule has 0 aliphatic carbocycles. The Kier molecular flexibility index (Phi) is 5.82. The normalized spacial score (nSPS) is 19.5. The molecule has 31 heavy (non-hydrogen) atoms. The number of rotatable bonds is 5. The molecule has 1 aliphatic heterocycles. The molecule has 2 atom stereocenters. The van der Waals surface area contributed by atoms with Crippen LogP contribution < -0.4 is 5.32 Å². The van der Waals surface area contributed by atoms with Crippen molar-refractivity contribution in [1.82, 2.24) is 14.7 Å². The average Bonchev–Trinajstić information content (AvgIpc) is 3.35. The summed E-state index contributed by atoms with van der Waals surface area (Å²) in [6.45, 7) is 0.957. The molecule has 1 aromatic heterocycles. The SMILES string of the molecule is Cn1cc(CN2C[C@H](C(=O)Nc3ccccc3)C[C@H]2c2cccc(C(F)(F)F)c2)cn1. The van der Waals surface area contributed by atoms with Gasteiger partial charge in [0.05, 0.1) is 17.7 Å². The first kappa shape index (κ1) is 21.1. The number of amides is 1. The molecule has 162 valence electrons. The molecule has 1 aliphatic rings. The Morgan fingerprint density at radius 2 is 1.94 bits per heavy atom. The van der Waals surface area contributed by atoms with E-state index in [2.05, 4.69) is 15.3 Å². The number of halogens is 3. The van der Waals surface area contributed by atoms with E-state index in [0.29, 0.717) is 30.8 Å². The van der Waals surface area contributed by atoms with E-state index in [-0.39, 0.29) is 17.9 Å². The van der Waals surface area contributed by atoms with Crippen molar-refractivity contribution in [2.75, 3.05) is 11.9 Å². The standard InChI is InChI=1S/C23H23F3N4O/c1-29-13-16(12-27-29)14-30-15-18(22(31)28-20-8-3-2-4-9-20)11-21(30)17-6-5-7-19(10-17)23(24,25)26/h2-10,12-13,18,21H,11,14-15H2,1H3,(H,28,31)/t18-,21+/m1/s1. The fraction of sp³-hybridized carbons (Fsp3) is 0.304. The fourth-order valence-electron chi connectivity index (χ4n) is 4.09. The van der Waals surface area contributed by atoms with Gasteiger partial charge in [0.25, 0.3) is 0 Å². The van der Waals surface area contributed by atoms with Gasteiger partial charge in [0.15, 0.2) is 0 Å². The van der Waals surface area contributed by atoms with Crippen LogP contribution in [0.5, 0.6) is 0 Å². The number of carbonyl (C=O) groups is 1. The quantitative estimate of drug-likeness (QED) is 0.644. The van der Waals surface area contributed by atoms with E-state index < -0.39 is 11.7 Å². The molecule has 2 heterocycles. The molecule has 0 spiro atoms. The van der Waals surface area contributed by atoms with E-state index in [1.54, 1.807) is 16.9 Å². The van der Waals surface area contributed by atoms with Crippen LogP contribution in [0, 0.1) is 5.92 Å². The van der Waals surface area contributed by atoms with Gasteiger partial charge in [-0.15, -0.1) is 0 Å². The topological polar surface area (TPSA) is 50.2 Å². The Morgan fingerprint density at radius 1 is 1.16 bits per heavy atom. The minimum Gasteiger partial charge on any atom is -0.326 e. The van der Waals surface area contributed by atoms with Crippen LogP contribution in [0.1, 0.15) is 29.2 Å². The number of alkyl halides is 3. The van der Waals surface area contributed by atoms with Crippen molar-refractivity contribution < 1.29 is 18.0 Å². The summed E-state index contributed by atoms with van der Waals surface area (Å²) >= 11 is 0. The number of hydrogen-bond acceptors (Lipinski definition) is 3. The van der Waals surface area contributed by atoms with E-state index in [4.69, 9.17) is 0 Å². The monoisotopic (exact) mass is 428 g/mol. The van der Waals surface area contributed by atoms with Crippen molar-refractivity contribution in [3.8, 4) is 0 Å². The summed E-state index contributed by atoms with van der Waals surface area (Å²) < 4.78 is 41.5. The van der Waals surface area contributed by atoms with Gasteiger partial charge >= 0.3 is 6.18 Å². The molecule has 4 rings (SSSR count). The summed E-state index contributed by atoms with van der Waals surface area (Å²) in [5, 5.41) is 7.09. The van der Waals surface area contributed by atoms with Crippen LogP contribution in [0.15, 0.2) is 67.0 Å². The molecule has 1 fully saturated rings. The van der Waals surface area contributed by atoms with Gasteiger partial charge in [-0.2, -0.15) is 18.3 Å². The highest BCUT2D eigenvalue weighted by Gasteiger charge is 2.38. The maximum absolute atomic E-state index is 13.3. The highest BCUT2D eigenvalue weighted by Crippen LogP contribution is 2.39. The van der Waals surface area contributed by atoms with Crippen molar-refractivity contribution in [3.63, 3.8) is 0 Å². The lowest BCUT2D eigenvalue weighted by Gasteiger charge is -2.24. The largest absolute Gasteiger partial charge is 0.416 e. The maximum atomic E-state index is 13.3. The predicted octanol–water partition coefficient (Wildman–Crippen LogP) is 4.64. The van der Waals surface area contributed by atoms with Crippen molar-refractivity contribution in [2.24, 2.45) is 13.0 Å². The second-order valence-electron chi connectivity index (χ2n) is 7.88. The summed E-state index contributed by atoms with van der Waals surface area (Å²) in [4.78, 5) is 14.9. The number of aromatic nitrogens is 2. The van der Waals surface area contributed by atoms with E-state index in [0.717, 1.165) is 11.6 Å². The number of carbonyl (C=O) groups excluding carboxylic acids is 1. The molecule has 1 N–H and O–H groups in total. The van der Waals surface area contributed by atoms with Crippen molar-refractivity contribution in [1.29, 1.82) is 0 Å². The van der Waals surface area contributed by atoms with Crippen LogP contribution in [0.3, 0.4) is 0 Å². The van der Waals surface area contributed by atoms with Gasteiger partial charge in [-0.05, 0) is 36.2 Å². The van der Waals surface area contributed by atoms with Crippen LogP contribution >= 0.6 is 0 Å². The van der Waals surface area contributed by atoms with Gasteiger partial charge in [-0.1, -0.05) is 30.3 Å². The van der Waals surface area contributed by atoms with Crippen molar-refractivity contribution in [2.45, 2.75) is 25.2 Å². The molecule has 1 amide bonds. The van der Waals surface area contributed by atoms with Crippen molar-refractivity contribution >= 4 is 11.6 Å². The minimum atomic E-state index is -4.41. The lowest BCUT2D eigenvalue weighted by atomic mass is 9.97. The smallest absolute Gasteiger partial charge is 0.326 e. The zero-order chi connectivity index (χ0) is 22.0. The summed E-state index contributed by atoms with van der Waals surface area (Å²) in [6, 6.07) is 14.3. The number of likely N-dealkylation sites (tertiary alicyclic amines) is 1. The number of para-hydroxylation sites is 1. The predicted molar refractivity (Wildman–Crippen MR) is 111 cm³/mol. The zero-order valence-electron chi connectivity index (χ0n) is 17.0. The lowest BCUT2D eigenvalue weighted by Crippen LogP contribution is -2.27. The second kappa shape index (κ2) is 8.55. The molecular weight excluding hydrogens is 405 g/mol. The third-order valence-electron chi connectivity index (χ3n) is 5.56. The number of hydrogen-bond donors (Lipinski definition) is 1. The van der Waals surface area contributed by atoms with Gasteiger partial charge in [0.2, 0.25) is 5.91 Å². The Hall–Kier alpha value is -3.13. The number of nitrogens with one attached hydrogen (secondary N) is 1. The van der Waals surface area contributed by atoms with Crippen LogP contribution in [0.25, 0.3) is 0 Å². The molecule has 0 unspecified atom stereocenters. The van der Waals surface area contributed by atoms with E-state index in [1.807, 2.05) is 43.6 Å². The highest BCUT2D eigenvalue weighted by molar-refractivity contribution is 5.92. The molecule has 1 saturated heterocycles. The molecular formula is C23H23F3N4O. The number of benzene rings is 2. The van der Waals surface area contributed by atoms with Crippen LogP contribution in [-0.2, 0) is 24.6 Å². The van der Waals surface area contributed by atoms with Gasteiger partial charge in [-0.3, -0.25) is 14.4 Å². The molecule has 2 aromatic carbocycles. The number of aryl methyl sites for hydroxylation is 1. The second-order valence-corrected chi connectivity index (χ2v) is 7.88. The molecule has 8 heteroatoms. The number of nitrogens with zero attached hydrogens (tertiary/aromatic N) is 3. The first-order valence-corrected chi connectivity index (χ1v) is 10.0. The molecule has 0 radical (unpaired) electrons. The van der Waals surface area contributed by atoms with Crippen molar-refractivity contribution in [3.05, 3.63) is 83.7 Å². The number of anilines is 1. The van der Waals surface area contributed by atoms with E-state index in [9.17, 15) is 18.0 Å². The summed E-state index contributed by atoms with van der Waals surface area (Å²) in [5.41, 5.74) is 1.54. The summed E-state index contributed by atoms with van der Waals surface area (Å²) in [6.07, 6.45) is -0.353. The Bertz CT molecular complexity index is 1050. The van der Waals surface area contributed by atoms with E-state index in [1.165, 1.54) is 12.1 Å². The molecule has 5 nitrogen and oxygen atoms in total. The first-order valence-electron chi connectivity index (χ1n) is 10.0. The summed E-state index contributed by atoms with van der Waals surface area (Å²) in [7, 11) is 1.81. The molecule has 0 saturated carbocycles. The first-order chi connectivity index (χ1) is 14.8. The molecule has 0 bridgehead atoms. The van der Waals surface area contributed by atoms with Gasteiger partial charge in [0.1, 0.15) is 0 Å². The van der Waals surface area contributed by atoms with Gasteiger partial charge in [0, 0.05) is 43.6 Å². The Morgan fingerprint density at radius 3 is 2.61 bits per heavy atom. The zero-order valence-corrected chi connectivity index (χ0v) is 17.0. The van der Waals surface area contributed by atoms with Crippen LogP contribution in [-0.4, -0.2) is 27.1 Å². The maximum Gasteiger partial charge on any atom is 0.416 e. The van der Waals surface area contributed by atoms with Gasteiger partial charge in [-0.25, -0.2) is 0 Å². The fourth-order valence-corrected chi connectivity index (χ4v) is 4.09.